The third-order valence-corrected chi connectivity index (χ3v) is 26.2. The van der Waals surface area contributed by atoms with Gasteiger partial charge >= 0.3 is 5.97 Å². The molecule has 1 spiro atoms. The number of carbonyl (C=O) groups excluding carboxylic acids is 1. The highest BCUT2D eigenvalue weighted by Gasteiger charge is 2.67. The van der Waals surface area contributed by atoms with Gasteiger partial charge in [-0.25, -0.2) is 13.8 Å². The Morgan fingerprint density at radius 3 is 2.17 bits per heavy atom. The molecule has 5 aliphatic rings. The van der Waals surface area contributed by atoms with E-state index in [0.717, 1.165) is 104 Å². The van der Waals surface area contributed by atoms with E-state index in [1.165, 1.54) is 108 Å². The summed E-state index contributed by atoms with van der Waals surface area (Å²) >= 11 is 4.57. The maximum atomic E-state index is 13.8. The van der Waals surface area contributed by atoms with Gasteiger partial charge in [0.05, 0.1) is 78.2 Å². The predicted molar refractivity (Wildman–Crippen MR) is 535 cm³/mol. The Morgan fingerprint density at radius 2 is 1.42 bits per heavy atom. The lowest BCUT2D eigenvalue weighted by Crippen LogP contribution is -2.39. The van der Waals surface area contributed by atoms with E-state index in [0.29, 0.717) is 80.4 Å². The minimum atomic E-state index is -0.968. The van der Waals surface area contributed by atoms with Crippen LogP contribution in [0.25, 0.3) is 65.3 Å². The summed E-state index contributed by atoms with van der Waals surface area (Å²) in [5.41, 5.74) is 13.6. The first-order valence-electron chi connectivity index (χ1n) is 45.2. The van der Waals surface area contributed by atoms with E-state index in [9.17, 15) is 38.9 Å². The number of benzene rings is 13. The molecule has 0 radical (unpaired) electrons. The zero-order valence-electron chi connectivity index (χ0n) is 75.2. The van der Waals surface area contributed by atoms with Crippen LogP contribution in [0.15, 0.2) is 331 Å². The molecule has 1 aliphatic carbocycles. The molecular formula is C110H101BrFN10O13S+. The summed E-state index contributed by atoms with van der Waals surface area (Å²) in [5.74, 6) is 0.709. The first-order chi connectivity index (χ1) is 66.4. The van der Waals surface area contributed by atoms with Crippen LogP contribution in [0.1, 0.15) is 69.1 Å². The highest BCUT2D eigenvalue weighted by Crippen LogP contribution is 2.52. The van der Waals surface area contributed by atoms with Gasteiger partial charge < -0.3 is 58.9 Å². The van der Waals surface area contributed by atoms with Gasteiger partial charge in [-0.3, -0.25) is 29.5 Å². The number of aromatic nitrogens is 4. The van der Waals surface area contributed by atoms with E-state index in [1.54, 1.807) is 59.0 Å². The number of likely N-dealkylation sites (tertiary alicyclic amines) is 1. The van der Waals surface area contributed by atoms with Gasteiger partial charge in [0.25, 0.3) is 16.9 Å². The predicted octanol–water partition coefficient (Wildman–Crippen LogP) is 21.1. The summed E-state index contributed by atoms with van der Waals surface area (Å²) in [4.78, 5) is 75.1. The number of nitroso groups, excluding NO2 is 1. The number of anilines is 1. The number of carboxylic acid groups (broad SMARTS) is 1. The number of amides is 1. The summed E-state index contributed by atoms with van der Waals surface area (Å²) in [7, 11) is 3.22. The highest BCUT2D eigenvalue weighted by atomic mass is 79.9. The van der Waals surface area contributed by atoms with Gasteiger partial charge in [-0.05, 0) is 203 Å². The molecule has 5 atom stereocenters. The number of aryl methyl sites for hydroxylation is 2. The number of thiazole rings is 1. The molecule has 8 heterocycles. The third-order valence-electron chi connectivity index (χ3n) is 24.7. The van der Waals surface area contributed by atoms with Crippen molar-refractivity contribution >= 4 is 121 Å². The number of fused-ring (bicyclic) bond motifs is 11. The van der Waals surface area contributed by atoms with Gasteiger partial charge in [-0.15, -0.1) is 0 Å². The maximum absolute atomic E-state index is 13.8. The largest absolute Gasteiger partial charge is 0.497 e. The monoisotopic (exact) mass is 1900 g/mol. The average Bonchev–Trinajstić information content (AvgIpc) is 1.54. The van der Waals surface area contributed by atoms with E-state index >= 15 is 0 Å². The van der Waals surface area contributed by atoms with E-state index in [-0.39, 0.29) is 27.9 Å². The second kappa shape index (κ2) is 43.6. The molecule has 17 aromatic rings. The topological polar surface area (TPSA) is 267 Å². The molecule has 688 valence electrons. The number of imidazole rings is 1. The molecule has 26 heteroatoms. The number of halogens is 2. The van der Waals surface area contributed by atoms with Crippen molar-refractivity contribution in [3.63, 3.8) is 0 Å². The lowest BCUT2D eigenvalue weighted by Gasteiger charge is -2.31. The quantitative estimate of drug-likeness (QED) is 0.0144. The number of non-ortho nitro benzene ring substituents is 1. The fraction of sp³-hybridized carbons (Fsp3) is 0.209. The van der Waals surface area contributed by atoms with Crippen molar-refractivity contribution in [3.8, 4) is 23.0 Å². The molecule has 0 saturated carbocycles. The molecule has 136 heavy (non-hydrogen) atoms. The lowest BCUT2D eigenvalue weighted by molar-refractivity contribution is -0.429. The van der Waals surface area contributed by atoms with Gasteiger partial charge in [-0.1, -0.05) is 221 Å². The number of ether oxygens (including phenoxy) is 6. The molecular weight excluding hydrogens is 1800 g/mol. The summed E-state index contributed by atoms with van der Waals surface area (Å²) in [5, 5.41) is 35.8. The normalized spacial score (nSPS) is 16.5. The molecule has 22 rings (SSSR count). The molecule has 13 aromatic carbocycles. The number of carboxylic acids is 1. The Bertz CT molecular complexity index is 7240. The molecule has 1 amide bonds. The number of aromatic amines is 1. The van der Waals surface area contributed by atoms with Crippen molar-refractivity contribution in [3.05, 3.63) is 412 Å². The second-order valence-corrected chi connectivity index (χ2v) is 35.6. The molecule has 4 aliphatic heterocycles. The van der Waals surface area contributed by atoms with Crippen LogP contribution in [-0.2, 0) is 58.1 Å². The number of methoxy groups -OCH3 is 1. The van der Waals surface area contributed by atoms with Crippen LogP contribution in [0.5, 0.6) is 23.0 Å². The third kappa shape index (κ3) is 22.2. The summed E-state index contributed by atoms with van der Waals surface area (Å²) in [6, 6.07) is 97.0. The minimum absolute atomic E-state index is 0.151. The Balaban J connectivity index is 0.000000113. The molecule has 2 fully saturated rings. The molecule has 5 unspecified atom stereocenters. The Morgan fingerprint density at radius 1 is 0.713 bits per heavy atom. The number of nitrogens with zero attached hydrogens (tertiary/aromatic N) is 7. The second-order valence-electron chi connectivity index (χ2n) is 33.7. The van der Waals surface area contributed by atoms with Crippen LogP contribution in [0.3, 0.4) is 0 Å². The number of nitro benzene ring substituents is 1. The number of hydrogen-bond donors (Lipinski definition) is 4. The van der Waals surface area contributed by atoms with E-state index in [2.05, 4.69) is 193 Å². The van der Waals surface area contributed by atoms with Crippen LogP contribution in [0, 0.1) is 39.6 Å². The average molecular weight is 1900 g/mol. The van der Waals surface area contributed by atoms with Gasteiger partial charge in [0.2, 0.25) is 5.91 Å². The smallest absolute Gasteiger partial charge is 0.310 e. The summed E-state index contributed by atoms with van der Waals surface area (Å²) < 4.78 is 51.7. The lowest BCUT2D eigenvalue weighted by atomic mass is 9.77. The summed E-state index contributed by atoms with van der Waals surface area (Å²) in [6.45, 7) is 8.66. The van der Waals surface area contributed by atoms with Gasteiger partial charge in [-0.2, -0.15) is 0 Å². The van der Waals surface area contributed by atoms with Crippen molar-refractivity contribution < 1.29 is 57.2 Å². The van der Waals surface area contributed by atoms with Crippen LogP contribution in [0.2, 0.25) is 0 Å². The summed E-state index contributed by atoms with van der Waals surface area (Å²) in [6.07, 6.45) is 12.9. The maximum Gasteiger partial charge on any atom is 0.310 e. The Kier molecular flexibility index (Phi) is 29.9. The van der Waals surface area contributed by atoms with Crippen LogP contribution in [-0.4, -0.2) is 123 Å². The first kappa shape index (κ1) is 93.2. The molecule has 2 bridgehead atoms. The van der Waals surface area contributed by atoms with E-state index < -0.39 is 29.5 Å². The number of aliphatic carboxylic acids is 1. The molecule has 23 nitrogen and oxygen atoms in total. The molecule has 4 aromatic heterocycles. The van der Waals surface area contributed by atoms with Crippen LogP contribution < -0.4 is 44.6 Å². The van der Waals surface area contributed by atoms with Crippen molar-refractivity contribution in [2.75, 3.05) is 65.3 Å². The first-order valence-corrected chi connectivity index (χ1v) is 46.8. The number of rotatable bonds is 24. The van der Waals surface area contributed by atoms with Crippen molar-refractivity contribution in [2.45, 2.75) is 76.5 Å². The number of hydrogen-bond acceptors (Lipinski definition) is 18. The van der Waals surface area contributed by atoms with Gasteiger partial charge in [0, 0.05) is 97.1 Å². The SMILES string of the molecule is COc1ccc(N2COc3ccc4cc(C)ccc4c3C2)cc1.C[N+](=O)c1ccccc1CNCCc1c[nH]c2ccccc12.O=C(O)C1C2C=CC3(CN(Cc4ccccn4)C(=O)C13)O2.O=[N+]([O-])c1cccc(CNC2CCCc3ccccc32)c1.O=c1/c(=C/c2cc(Br)ccc2F)sc2nc3ccccc3n12.c1ccc2cc(OCCOCCOc3ccc4ccccc4c3)ccc2c1. The fourth-order valence-corrected chi connectivity index (χ4v) is 19.3. The van der Waals surface area contributed by atoms with Gasteiger partial charge in [0.1, 0.15) is 53.5 Å². The fourth-order valence-electron chi connectivity index (χ4n) is 18.0. The Labute approximate surface area is 797 Å². The zero-order chi connectivity index (χ0) is 94.0. The van der Waals surface area contributed by atoms with Crippen molar-refractivity contribution in [1.29, 1.82) is 0 Å². The van der Waals surface area contributed by atoms with Crippen LogP contribution in [0.4, 0.5) is 21.5 Å². The number of H-pyrrole nitrogens is 1. The number of nitrogens with one attached hydrogen (secondary N) is 3. The molecule has 2 saturated heterocycles. The number of carbonyl (C=O) groups is 2. The molecule has 4 N–H and O–H groups in total. The number of para-hydroxylation sites is 4. The van der Waals surface area contributed by atoms with Crippen molar-refractivity contribution in [2.24, 2.45) is 11.8 Å². The van der Waals surface area contributed by atoms with Crippen LogP contribution >= 0.6 is 27.3 Å². The van der Waals surface area contributed by atoms with E-state index in [1.807, 2.05) is 133 Å². The number of nitro groups is 1. The number of pyridine rings is 1. The Hall–Kier alpha value is -14.6. The van der Waals surface area contributed by atoms with Crippen molar-refractivity contribution in [1.82, 2.24) is 34.9 Å². The standard InChI is InChI=1S/C24H22O3.C20H19NO2.C18H20N3O.C17H18N2O2.C16H8BrFN2OS.C15H14N2O4/c1-3-7-21-17-23(11-9-19(21)5-1)26-15-13-25-14-16-27-24-12-10-20-6-2-4-8-22(20)18-24;1-14-3-9-18-15(11-14)4-10-20-19(18)12-21(13-23-20)16-5-7-17(22-2)8-6-16;1-21(22)18-9-5-2-6-15(18)12-19-11-10-14-13-20-17-8-4-3-7-16(14)17;20-19(21)15-8-3-5-13(11-15)12-18-17-10-4-7-14-6-1-2-9-16(14)17;17-10-5-6-11(18)9(7-10)8-14-15(21)20-13-4-2-1-3-12(13)19-16(20)22-14;18-13-12-11(14(19)20)10-4-5-15(12,21-10)8-17(13)7-9-3-1-2-6-16-9/h1-12,17-18H,13-16H2;3-11H,12-13H2,1-2H3;2-9,13,19-20H,10-12H2,1H3;1-3,5-6,8-9,11,17-18H,4,7,10,12H2;1-8H;1-6,10-12H,7-8H2,(H,19,20)/q;;+1;;;/b;;;;14-8-;. The highest BCUT2D eigenvalue weighted by molar-refractivity contribution is 9.10. The zero-order valence-corrected chi connectivity index (χ0v) is 77.6. The van der Waals surface area contributed by atoms with Gasteiger partial charge in [0.15, 0.2) is 18.7 Å². The van der Waals surface area contributed by atoms with E-state index in [4.69, 9.17) is 28.4 Å². The minimum Gasteiger partial charge on any atom is -0.497 e.